The lowest BCUT2D eigenvalue weighted by Gasteiger charge is -2.37. The number of ether oxygens (including phenoxy) is 2. The number of carbonyl (C=O) groups excluding carboxylic acids is 2. The summed E-state index contributed by atoms with van der Waals surface area (Å²) in [6.45, 7) is 4.15. The van der Waals surface area contributed by atoms with Gasteiger partial charge in [-0.05, 0) is 55.3 Å². The molecule has 2 aliphatic heterocycles. The molecule has 1 fully saturated rings. The number of amides is 3. The molecule has 0 spiro atoms. The molecule has 178 valence electrons. The molecule has 4 rings (SSSR count). The smallest absolute Gasteiger partial charge is 0.317 e. The van der Waals surface area contributed by atoms with E-state index in [2.05, 4.69) is 5.32 Å². The minimum absolute atomic E-state index is 0.0262. The van der Waals surface area contributed by atoms with Crippen molar-refractivity contribution >= 4 is 23.3 Å². The normalized spacial score (nSPS) is 19.8. The van der Waals surface area contributed by atoms with Crippen LogP contribution in [0.1, 0.15) is 36.2 Å². The van der Waals surface area contributed by atoms with Crippen LogP contribution >= 0.6 is 11.3 Å². The number of nitrogens with zero attached hydrogens (tertiary/aromatic N) is 2. The summed E-state index contributed by atoms with van der Waals surface area (Å²) in [5, 5.41) is 4.82. The first-order chi connectivity index (χ1) is 16.0. The highest BCUT2D eigenvalue weighted by Gasteiger charge is 2.34. The van der Waals surface area contributed by atoms with E-state index in [9.17, 15) is 14.0 Å². The van der Waals surface area contributed by atoms with Gasteiger partial charge in [-0.3, -0.25) is 4.79 Å². The molecule has 0 bridgehead atoms. The molecule has 2 aromatic rings. The SMILES string of the molecule is CCNC(=O)N(CC(=O)N1CCc2sccc2[C@H]1COc1cccc(F)c1)C[C@H]1CCCO1. The Labute approximate surface area is 197 Å². The van der Waals surface area contributed by atoms with E-state index in [4.69, 9.17) is 9.47 Å². The van der Waals surface area contributed by atoms with E-state index in [0.717, 1.165) is 24.8 Å². The van der Waals surface area contributed by atoms with Crippen LogP contribution in [0.3, 0.4) is 0 Å². The summed E-state index contributed by atoms with van der Waals surface area (Å²) < 4.78 is 25.2. The quantitative estimate of drug-likeness (QED) is 0.633. The number of hydrogen-bond acceptors (Lipinski definition) is 5. The number of hydrogen-bond donors (Lipinski definition) is 1. The Morgan fingerprint density at radius 2 is 2.24 bits per heavy atom. The van der Waals surface area contributed by atoms with E-state index in [1.54, 1.807) is 33.3 Å². The van der Waals surface area contributed by atoms with Crippen LogP contribution in [0, 0.1) is 5.82 Å². The van der Waals surface area contributed by atoms with Gasteiger partial charge in [-0.1, -0.05) is 6.07 Å². The molecule has 3 amide bonds. The Hall–Kier alpha value is -2.65. The molecule has 0 radical (unpaired) electrons. The van der Waals surface area contributed by atoms with E-state index < -0.39 is 0 Å². The molecule has 9 heteroatoms. The lowest BCUT2D eigenvalue weighted by molar-refractivity contribution is -0.135. The van der Waals surface area contributed by atoms with Gasteiger partial charge in [0.1, 0.15) is 24.7 Å². The molecule has 1 saturated heterocycles. The van der Waals surface area contributed by atoms with E-state index in [1.807, 2.05) is 18.4 Å². The van der Waals surface area contributed by atoms with Gasteiger partial charge in [-0.25, -0.2) is 9.18 Å². The maximum atomic E-state index is 13.6. The summed E-state index contributed by atoms with van der Waals surface area (Å²) in [4.78, 5) is 30.7. The second-order valence-corrected chi connectivity index (χ2v) is 9.27. The Morgan fingerprint density at radius 1 is 1.36 bits per heavy atom. The van der Waals surface area contributed by atoms with Crippen LogP contribution in [0.15, 0.2) is 35.7 Å². The molecule has 0 aliphatic carbocycles. The number of urea groups is 1. The minimum atomic E-state index is -0.369. The highest BCUT2D eigenvalue weighted by atomic mass is 32.1. The molecule has 2 atom stereocenters. The third kappa shape index (κ3) is 5.83. The Kier molecular flexibility index (Phi) is 7.82. The first-order valence-corrected chi connectivity index (χ1v) is 12.3. The van der Waals surface area contributed by atoms with Crippen molar-refractivity contribution in [3.8, 4) is 5.75 Å². The molecule has 0 unspecified atom stereocenters. The van der Waals surface area contributed by atoms with Crippen LogP contribution in [0.4, 0.5) is 9.18 Å². The fraction of sp³-hybridized carbons (Fsp3) is 0.500. The van der Waals surface area contributed by atoms with Gasteiger partial charge in [-0.2, -0.15) is 0 Å². The summed E-state index contributed by atoms with van der Waals surface area (Å²) in [5.74, 6) is -0.0805. The topological polar surface area (TPSA) is 71.1 Å². The zero-order chi connectivity index (χ0) is 23.2. The van der Waals surface area contributed by atoms with Crippen molar-refractivity contribution < 1.29 is 23.5 Å². The first-order valence-electron chi connectivity index (χ1n) is 11.4. The van der Waals surface area contributed by atoms with Gasteiger partial charge in [0.15, 0.2) is 0 Å². The predicted octanol–water partition coefficient (Wildman–Crippen LogP) is 3.60. The van der Waals surface area contributed by atoms with Crippen LogP contribution in [-0.4, -0.2) is 67.2 Å². The lowest BCUT2D eigenvalue weighted by Crippen LogP contribution is -2.51. The molecule has 0 saturated carbocycles. The maximum absolute atomic E-state index is 13.6. The third-order valence-electron chi connectivity index (χ3n) is 6.01. The number of rotatable bonds is 8. The van der Waals surface area contributed by atoms with Crippen LogP contribution in [0.2, 0.25) is 0 Å². The molecule has 33 heavy (non-hydrogen) atoms. The zero-order valence-electron chi connectivity index (χ0n) is 18.8. The zero-order valence-corrected chi connectivity index (χ0v) is 19.6. The van der Waals surface area contributed by atoms with E-state index in [-0.39, 0.29) is 43.1 Å². The van der Waals surface area contributed by atoms with E-state index >= 15 is 0 Å². The van der Waals surface area contributed by atoms with Crippen molar-refractivity contribution in [3.63, 3.8) is 0 Å². The van der Waals surface area contributed by atoms with Gasteiger partial charge in [0.25, 0.3) is 0 Å². The number of carbonyl (C=O) groups is 2. The summed E-state index contributed by atoms with van der Waals surface area (Å²) in [7, 11) is 0. The van der Waals surface area contributed by atoms with Gasteiger partial charge >= 0.3 is 6.03 Å². The molecular formula is C24H30FN3O4S. The fourth-order valence-corrected chi connectivity index (χ4v) is 5.31. The number of halogens is 1. The largest absolute Gasteiger partial charge is 0.491 e. The van der Waals surface area contributed by atoms with Crippen LogP contribution < -0.4 is 10.1 Å². The molecule has 1 aromatic heterocycles. The van der Waals surface area contributed by atoms with Gasteiger partial charge in [0.05, 0.1) is 12.1 Å². The van der Waals surface area contributed by atoms with Crippen LogP contribution in [0.5, 0.6) is 5.75 Å². The number of nitrogens with one attached hydrogen (secondary N) is 1. The third-order valence-corrected chi connectivity index (χ3v) is 7.01. The molecule has 2 aliphatic rings. The van der Waals surface area contributed by atoms with Crippen molar-refractivity contribution in [1.82, 2.24) is 15.1 Å². The average molecular weight is 476 g/mol. The van der Waals surface area contributed by atoms with Gasteiger partial charge in [-0.15, -0.1) is 11.3 Å². The van der Waals surface area contributed by atoms with Crippen molar-refractivity contribution in [1.29, 1.82) is 0 Å². The molecule has 3 heterocycles. The van der Waals surface area contributed by atoms with Crippen molar-refractivity contribution in [2.45, 2.75) is 38.3 Å². The fourth-order valence-electron chi connectivity index (χ4n) is 4.38. The van der Waals surface area contributed by atoms with E-state index in [1.165, 1.54) is 17.0 Å². The number of fused-ring (bicyclic) bond motifs is 1. The Balaban J connectivity index is 1.48. The molecular weight excluding hydrogens is 445 g/mol. The maximum Gasteiger partial charge on any atom is 0.317 e. The van der Waals surface area contributed by atoms with Gasteiger partial charge < -0.3 is 24.6 Å². The van der Waals surface area contributed by atoms with Crippen molar-refractivity contribution in [3.05, 3.63) is 52.0 Å². The Morgan fingerprint density at radius 3 is 3.00 bits per heavy atom. The van der Waals surface area contributed by atoms with Crippen molar-refractivity contribution in [2.24, 2.45) is 0 Å². The van der Waals surface area contributed by atoms with Crippen LogP contribution in [-0.2, 0) is 16.0 Å². The summed E-state index contributed by atoms with van der Waals surface area (Å²) in [6.07, 6.45) is 2.57. The standard InChI is InChI=1S/C24H30FN3O4S/c1-2-26-24(30)27(14-19-7-4-11-31-19)15-23(29)28-10-8-22-20(9-12-33-22)21(28)16-32-18-6-3-5-17(25)13-18/h3,5-6,9,12-13,19,21H,2,4,7-8,10-11,14-16H2,1H3,(H,26,30)/t19-,21-/m1/s1. The summed E-state index contributed by atoms with van der Waals surface area (Å²) in [5.41, 5.74) is 1.06. The second kappa shape index (κ2) is 11.0. The molecule has 1 aromatic carbocycles. The monoisotopic (exact) mass is 475 g/mol. The molecule has 1 N–H and O–H groups in total. The first kappa shape index (κ1) is 23.5. The highest BCUT2D eigenvalue weighted by molar-refractivity contribution is 7.10. The van der Waals surface area contributed by atoms with E-state index in [0.29, 0.717) is 32.0 Å². The Bertz CT molecular complexity index is 963. The molecule has 7 nitrogen and oxygen atoms in total. The predicted molar refractivity (Wildman–Crippen MR) is 124 cm³/mol. The minimum Gasteiger partial charge on any atom is -0.491 e. The van der Waals surface area contributed by atoms with Crippen molar-refractivity contribution in [2.75, 3.05) is 39.4 Å². The number of thiophene rings is 1. The summed E-state index contributed by atoms with van der Waals surface area (Å²) >= 11 is 1.67. The van der Waals surface area contributed by atoms with Gasteiger partial charge in [0, 0.05) is 37.2 Å². The second-order valence-electron chi connectivity index (χ2n) is 8.27. The van der Waals surface area contributed by atoms with Crippen LogP contribution in [0.25, 0.3) is 0 Å². The summed E-state index contributed by atoms with van der Waals surface area (Å²) in [6, 6.07) is 7.46. The average Bonchev–Trinajstić information content (AvgIpc) is 3.49. The lowest BCUT2D eigenvalue weighted by atomic mass is 10.0. The van der Waals surface area contributed by atoms with Gasteiger partial charge in [0.2, 0.25) is 5.91 Å². The highest BCUT2D eigenvalue weighted by Crippen LogP contribution is 2.34. The number of benzene rings is 1.